The summed E-state index contributed by atoms with van der Waals surface area (Å²) in [5.41, 5.74) is 0. The lowest BCUT2D eigenvalue weighted by molar-refractivity contribution is -0.146. The predicted octanol–water partition coefficient (Wildman–Crippen LogP) is -0.975. The fourth-order valence-electron chi connectivity index (χ4n) is 1.03. The molecule has 0 bridgehead atoms. The van der Waals surface area contributed by atoms with Gasteiger partial charge >= 0.3 is 12.0 Å². The molecule has 3 N–H and O–H groups in total. The highest BCUT2D eigenvalue weighted by Gasteiger charge is 2.14. The Morgan fingerprint density at radius 2 is 1.82 bits per heavy atom. The van der Waals surface area contributed by atoms with Crippen LogP contribution in [-0.4, -0.2) is 78.9 Å². The van der Waals surface area contributed by atoms with Crippen molar-refractivity contribution in [3.8, 4) is 0 Å². The maximum absolute atomic E-state index is 11.5. The zero-order valence-corrected chi connectivity index (χ0v) is 10.5. The summed E-state index contributed by atoms with van der Waals surface area (Å²) in [7, 11) is 5.48. The van der Waals surface area contributed by atoms with E-state index in [2.05, 4.69) is 5.32 Å². The molecular formula is C10H21N3O4. The molecule has 0 fully saturated rings. The summed E-state index contributed by atoms with van der Waals surface area (Å²) in [6.45, 7) is 1.47. The molecule has 7 nitrogen and oxygen atoms in total. The number of nitrogens with one attached hydrogen (secondary N) is 1. The molecule has 17 heavy (non-hydrogen) atoms. The number of amides is 2. The molecule has 100 valence electrons. The van der Waals surface area contributed by atoms with Gasteiger partial charge in [-0.2, -0.15) is 0 Å². The molecule has 0 spiro atoms. The van der Waals surface area contributed by atoms with E-state index in [9.17, 15) is 9.59 Å². The number of carbonyl (C=O) groups excluding carboxylic acids is 1. The number of carbonyl (C=O) groups is 2. The Hall–Kier alpha value is -1.34. The van der Waals surface area contributed by atoms with E-state index in [1.807, 2.05) is 19.0 Å². The van der Waals surface area contributed by atoms with Crippen molar-refractivity contribution >= 4 is 12.0 Å². The van der Waals surface area contributed by atoms with Gasteiger partial charge in [0.15, 0.2) is 6.10 Å². The van der Waals surface area contributed by atoms with Gasteiger partial charge in [-0.15, -0.1) is 0 Å². The van der Waals surface area contributed by atoms with E-state index in [0.29, 0.717) is 6.54 Å². The van der Waals surface area contributed by atoms with Gasteiger partial charge in [0.2, 0.25) is 0 Å². The predicted molar refractivity (Wildman–Crippen MR) is 62.8 cm³/mol. The number of carboxylic acids is 1. The minimum atomic E-state index is -1.43. The van der Waals surface area contributed by atoms with Crippen LogP contribution in [0.25, 0.3) is 0 Å². The quantitative estimate of drug-likeness (QED) is 0.538. The summed E-state index contributed by atoms with van der Waals surface area (Å²) in [5.74, 6) is -1.28. The molecule has 1 atom stereocenters. The van der Waals surface area contributed by atoms with E-state index in [0.717, 1.165) is 6.54 Å². The topological polar surface area (TPSA) is 93.1 Å². The molecule has 1 unspecified atom stereocenters. The Labute approximate surface area is 101 Å². The van der Waals surface area contributed by atoms with Crippen molar-refractivity contribution in [3.63, 3.8) is 0 Å². The number of urea groups is 1. The van der Waals surface area contributed by atoms with Gasteiger partial charge in [0, 0.05) is 33.1 Å². The maximum Gasteiger partial charge on any atom is 0.332 e. The zero-order chi connectivity index (χ0) is 13.4. The first-order chi connectivity index (χ1) is 7.84. The summed E-state index contributed by atoms with van der Waals surface area (Å²) in [6.07, 6.45) is -1.43. The third-order valence-corrected chi connectivity index (χ3v) is 2.21. The number of aliphatic hydroxyl groups excluding tert-OH is 1. The minimum Gasteiger partial charge on any atom is -0.479 e. The summed E-state index contributed by atoms with van der Waals surface area (Å²) in [5, 5.41) is 19.9. The normalized spacial score (nSPS) is 12.3. The highest BCUT2D eigenvalue weighted by Crippen LogP contribution is 1.91. The van der Waals surface area contributed by atoms with Crippen LogP contribution in [0.15, 0.2) is 0 Å². The Morgan fingerprint density at radius 1 is 1.24 bits per heavy atom. The molecule has 0 aliphatic rings. The van der Waals surface area contributed by atoms with E-state index in [1.165, 1.54) is 4.90 Å². The zero-order valence-electron chi connectivity index (χ0n) is 10.5. The standard InChI is InChI=1S/C10H21N3O4/c1-12(2)6-7-13(3)10(17)11-5-4-8(14)9(15)16/h8,14H,4-7H2,1-3H3,(H,11,17)(H,15,16). The van der Waals surface area contributed by atoms with Gasteiger partial charge in [-0.3, -0.25) is 0 Å². The second kappa shape index (κ2) is 7.86. The summed E-state index contributed by atoms with van der Waals surface area (Å²) in [6, 6.07) is -0.274. The van der Waals surface area contributed by atoms with E-state index in [1.54, 1.807) is 7.05 Å². The molecule has 0 saturated carbocycles. The van der Waals surface area contributed by atoms with Gasteiger partial charge in [-0.05, 0) is 14.1 Å². The lowest BCUT2D eigenvalue weighted by Gasteiger charge is -2.20. The van der Waals surface area contributed by atoms with Gasteiger partial charge in [0.25, 0.3) is 0 Å². The van der Waals surface area contributed by atoms with Crippen LogP contribution in [0.1, 0.15) is 6.42 Å². The molecule has 0 radical (unpaired) electrons. The van der Waals surface area contributed by atoms with Crippen LogP contribution in [0.4, 0.5) is 4.79 Å². The first-order valence-corrected chi connectivity index (χ1v) is 5.39. The Kier molecular flexibility index (Phi) is 7.24. The second-order valence-corrected chi connectivity index (χ2v) is 4.10. The molecule has 0 aromatic rings. The van der Waals surface area contributed by atoms with E-state index in [-0.39, 0.29) is 19.0 Å². The van der Waals surface area contributed by atoms with Crippen molar-refractivity contribution in [1.82, 2.24) is 15.1 Å². The molecule has 0 rings (SSSR count). The largest absolute Gasteiger partial charge is 0.479 e. The van der Waals surface area contributed by atoms with Crippen LogP contribution < -0.4 is 5.32 Å². The van der Waals surface area contributed by atoms with Gasteiger partial charge in [0.05, 0.1) is 0 Å². The number of nitrogens with zero attached hydrogens (tertiary/aromatic N) is 2. The highest BCUT2D eigenvalue weighted by atomic mass is 16.4. The third-order valence-electron chi connectivity index (χ3n) is 2.21. The van der Waals surface area contributed by atoms with Crippen molar-refractivity contribution in [2.45, 2.75) is 12.5 Å². The molecular weight excluding hydrogens is 226 g/mol. The van der Waals surface area contributed by atoms with E-state index in [4.69, 9.17) is 10.2 Å². The first kappa shape index (κ1) is 15.7. The average Bonchev–Trinajstić information content (AvgIpc) is 2.25. The first-order valence-electron chi connectivity index (χ1n) is 5.39. The van der Waals surface area contributed by atoms with Crippen LogP contribution in [0, 0.1) is 0 Å². The molecule has 0 heterocycles. The van der Waals surface area contributed by atoms with Gasteiger partial charge in [-0.25, -0.2) is 9.59 Å². The summed E-state index contributed by atoms with van der Waals surface area (Å²) < 4.78 is 0. The lowest BCUT2D eigenvalue weighted by atomic mass is 10.2. The number of carboxylic acid groups (broad SMARTS) is 1. The van der Waals surface area contributed by atoms with Crippen molar-refractivity contribution in [1.29, 1.82) is 0 Å². The van der Waals surface area contributed by atoms with E-state index >= 15 is 0 Å². The highest BCUT2D eigenvalue weighted by molar-refractivity contribution is 5.74. The van der Waals surface area contributed by atoms with Gasteiger partial charge < -0.3 is 25.3 Å². The third kappa shape index (κ3) is 7.53. The van der Waals surface area contributed by atoms with Crippen LogP contribution in [0.2, 0.25) is 0 Å². The molecule has 0 saturated heterocycles. The van der Waals surface area contributed by atoms with Crippen LogP contribution in [0.3, 0.4) is 0 Å². The molecule has 0 aromatic carbocycles. The van der Waals surface area contributed by atoms with Gasteiger partial charge in [0.1, 0.15) is 0 Å². The summed E-state index contributed by atoms with van der Waals surface area (Å²) in [4.78, 5) is 25.2. The molecule has 7 heteroatoms. The SMILES string of the molecule is CN(C)CCN(C)C(=O)NCCC(O)C(=O)O. The number of aliphatic hydroxyl groups is 1. The number of aliphatic carboxylic acids is 1. The van der Waals surface area contributed by atoms with Crippen LogP contribution in [0.5, 0.6) is 0 Å². The monoisotopic (exact) mass is 247 g/mol. The molecule has 2 amide bonds. The molecule has 0 aromatic heterocycles. The smallest absolute Gasteiger partial charge is 0.332 e. The van der Waals surface area contributed by atoms with Crippen LogP contribution in [-0.2, 0) is 4.79 Å². The van der Waals surface area contributed by atoms with Crippen LogP contribution >= 0.6 is 0 Å². The molecule has 0 aliphatic heterocycles. The Balaban J connectivity index is 3.74. The fourth-order valence-corrected chi connectivity index (χ4v) is 1.03. The second-order valence-electron chi connectivity index (χ2n) is 4.10. The number of hydrogen-bond donors (Lipinski definition) is 3. The number of rotatable bonds is 7. The van der Waals surface area contributed by atoms with Crippen molar-refractivity contribution in [3.05, 3.63) is 0 Å². The average molecular weight is 247 g/mol. The Bertz CT molecular complexity index is 258. The van der Waals surface area contributed by atoms with Crippen molar-refractivity contribution in [2.75, 3.05) is 40.8 Å². The van der Waals surface area contributed by atoms with E-state index < -0.39 is 12.1 Å². The van der Waals surface area contributed by atoms with Gasteiger partial charge in [-0.1, -0.05) is 0 Å². The number of likely N-dealkylation sites (N-methyl/N-ethyl adjacent to an activating group) is 2. The Morgan fingerprint density at radius 3 is 2.29 bits per heavy atom. The fraction of sp³-hybridized carbons (Fsp3) is 0.800. The maximum atomic E-state index is 11.5. The minimum absolute atomic E-state index is 0.00257. The summed E-state index contributed by atoms with van der Waals surface area (Å²) >= 11 is 0. The van der Waals surface area contributed by atoms with Crippen molar-refractivity contribution < 1.29 is 19.8 Å². The number of hydrogen-bond acceptors (Lipinski definition) is 4. The lowest BCUT2D eigenvalue weighted by Crippen LogP contribution is -2.41. The van der Waals surface area contributed by atoms with Crippen molar-refractivity contribution in [2.24, 2.45) is 0 Å². The molecule has 0 aliphatic carbocycles.